The van der Waals surface area contributed by atoms with Crippen LogP contribution in [-0.2, 0) is 4.79 Å². The summed E-state index contributed by atoms with van der Waals surface area (Å²) in [6, 6.07) is 0. The maximum absolute atomic E-state index is 11.6. The molecule has 3 N–H and O–H groups in total. The van der Waals surface area contributed by atoms with Gasteiger partial charge in [-0.25, -0.2) is 0 Å². The monoisotopic (exact) mass is 259 g/mol. The zero-order valence-corrected chi connectivity index (χ0v) is 11.2. The molecule has 1 atom stereocenters. The second-order valence-corrected chi connectivity index (χ2v) is 4.86. The number of carbonyl (C=O) groups is 1. The third-order valence-corrected chi connectivity index (χ3v) is 3.70. The summed E-state index contributed by atoms with van der Waals surface area (Å²) in [6.45, 7) is 3.59. The average Bonchev–Trinajstić information content (AvgIpc) is 2.36. The van der Waals surface area contributed by atoms with Crippen molar-refractivity contribution in [2.45, 2.75) is 38.3 Å². The van der Waals surface area contributed by atoms with Crippen molar-refractivity contribution in [3.63, 3.8) is 0 Å². The first-order valence-electron chi connectivity index (χ1n) is 5.69. The summed E-state index contributed by atoms with van der Waals surface area (Å²) in [5.74, 6) is 3.06. The number of carbonyl (C=O) groups excluding carboxylic acids is 1. The van der Waals surface area contributed by atoms with Gasteiger partial charge >= 0.3 is 0 Å². The van der Waals surface area contributed by atoms with Crippen molar-refractivity contribution in [2.24, 2.45) is 0 Å². The van der Waals surface area contributed by atoms with Gasteiger partial charge in [0.1, 0.15) is 5.54 Å². The molecule has 0 aromatic heterocycles. The Morgan fingerprint density at radius 1 is 1.53 bits per heavy atom. The molecule has 4 nitrogen and oxygen atoms in total. The van der Waals surface area contributed by atoms with E-state index in [1.165, 1.54) is 11.8 Å². The Labute approximate surface area is 107 Å². The first-order valence-corrected chi connectivity index (χ1v) is 6.84. The number of amides is 1. The highest BCUT2D eigenvalue weighted by molar-refractivity contribution is 7.99. The molecular formula is C12H21NO3S. The molecule has 0 rings (SSSR count). The topological polar surface area (TPSA) is 69.6 Å². The number of aliphatic hydroxyl groups excluding tert-OH is 2. The lowest BCUT2D eigenvalue weighted by atomic mass is 9.94. The Morgan fingerprint density at radius 3 is 2.53 bits per heavy atom. The molecule has 0 spiro atoms. The van der Waals surface area contributed by atoms with Crippen LogP contribution >= 0.6 is 11.8 Å². The normalized spacial score (nSPS) is 12.9. The fraction of sp³-hybridized carbons (Fsp3) is 0.750. The predicted octanol–water partition coefficient (Wildman–Crippen LogP) is 0.381. The Balaban J connectivity index is 4.05. The van der Waals surface area contributed by atoms with Gasteiger partial charge in [-0.3, -0.25) is 4.79 Å². The molecule has 0 aromatic carbocycles. The van der Waals surface area contributed by atoms with Gasteiger partial charge in [-0.2, -0.15) is 0 Å². The number of nitrogens with one attached hydrogen (secondary N) is 1. The standard InChI is InChI=1S/C12H21NO3S/c1-4-12(5-2,6-3)13-11(16)9-17-8-10(15)7-14/h1,10,14-15H,5-9H2,2-3H3,(H,13,16). The van der Waals surface area contributed by atoms with Crippen molar-refractivity contribution < 1.29 is 15.0 Å². The third-order valence-electron chi connectivity index (χ3n) is 2.62. The Morgan fingerprint density at radius 2 is 2.12 bits per heavy atom. The van der Waals surface area contributed by atoms with Gasteiger partial charge in [0, 0.05) is 5.75 Å². The van der Waals surface area contributed by atoms with Crippen LogP contribution in [0.15, 0.2) is 0 Å². The fourth-order valence-electron chi connectivity index (χ4n) is 1.31. The molecule has 0 aromatic rings. The lowest BCUT2D eigenvalue weighted by molar-refractivity contribution is -0.119. The van der Waals surface area contributed by atoms with E-state index in [1.807, 2.05) is 13.8 Å². The zero-order chi connectivity index (χ0) is 13.3. The van der Waals surface area contributed by atoms with E-state index in [0.717, 1.165) is 0 Å². The van der Waals surface area contributed by atoms with Crippen LogP contribution in [0.4, 0.5) is 0 Å². The van der Waals surface area contributed by atoms with E-state index in [0.29, 0.717) is 18.6 Å². The van der Waals surface area contributed by atoms with Gasteiger partial charge in [0.25, 0.3) is 0 Å². The first kappa shape index (κ1) is 16.3. The van der Waals surface area contributed by atoms with Gasteiger partial charge in [0.05, 0.1) is 18.5 Å². The van der Waals surface area contributed by atoms with Crippen LogP contribution in [-0.4, -0.2) is 45.9 Å². The van der Waals surface area contributed by atoms with Crippen LogP contribution in [0.2, 0.25) is 0 Å². The van der Waals surface area contributed by atoms with Gasteiger partial charge in [0.15, 0.2) is 0 Å². The molecule has 0 fully saturated rings. The van der Waals surface area contributed by atoms with Crippen LogP contribution in [0.1, 0.15) is 26.7 Å². The van der Waals surface area contributed by atoms with Crippen molar-refractivity contribution in [2.75, 3.05) is 18.1 Å². The summed E-state index contributed by atoms with van der Waals surface area (Å²) < 4.78 is 0. The molecule has 98 valence electrons. The Kier molecular flexibility index (Phi) is 8.05. The number of thioether (sulfide) groups is 1. The smallest absolute Gasteiger partial charge is 0.231 e. The fourth-order valence-corrected chi connectivity index (χ4v) is 2.06. The van der Waals surface area contributed by atoms with E-state index in [9.17, 15) is 4.79 Å². The van der Waals surface area contributed by atoms with Crippen LogP contribution in [0, 0.1) is 12.3 Å². The highest BCUT2D eigenvalue weighted by Gasteiger charge is 2.24. The maximum atomic E-state index is 11.6. The molecule has 5 heteroatoms. The van der Waals surface area contributed by atoms with Crippen LogP contribution in [0.5, 0.6) is 0 Å². The molecule has 0 aliphatic heterocycles. The summed E-state index contributed by atoms with van der Waals surface area (Å²) in [4.78, 5) is 11.6. The van der Waals surface area contributed by atoms with Gasteiger partial charge < -0.3 is 15.5 Å². The number of rotatable bonds is 8. The number of hydrogen-bond donors (Lipinski definition) is 3. The Bertz CT molecular complexity index is 271. The van der Waals surface area contributed by atoms with Crippen LogP contribution < -0.4 is 5.32 Å². The highest BCUT2D eigenvalue weighted by Crippen LogP contribution is 2.14. The second-order valence-electron chi connectivity index (χ2n) is 3.83. The van der Waals surface area contributed by atoms with Gasteiger partial charge in [-0.05, 0) is 12.8 Å². The Hall–Kier alpha value is -0.700. The van der Waals surface area contributed by atoms with Gasteiger partial charge in [0.2, 0.25) is 5.91 Å². The van der Waals surface area contributed by atoms with E-state index in [-0.39, 0.29) is 18.3 Å². The molecular weight excluding hydrogens is 238 g/mol. The number of terminal acetylenes is 1. The molecule has 0 bridgehead atoms. The molecule has 17 heavy (non-hydrogen) atoms. The van der Waals surface area contributed by atoms with Crippen LogP contribution in [0.25, 0.3) is 0 Å². The quantitative estimate of drug-likeness (QED) is 0.551. The van der Waals surface area contributed by atoms with Crippen molar-refractivity contribution in [3.8, 4) is 12.3 Å². The predicted molar refractivity (Wildman–Crippen MR) is 70.7 cm³/mol. The largest absolute Gasteiger partial charge is 0.394 e. The van der Waals surface area contributed by atoms with Crippen LogP contribution in [0.3, 0.4) is 0 Å². The summed E-state index contributed by atoms with van der Waals surface area (Å²) in [5, 5.41) is 20.5. The molecule has 0 radical (unpaired) electrons. The SMILES string of the molecule is C#CC(CC)(CC)NC(=O)CSCC(O)CO. The molecule has 0 aliphatic rings. The summed E-state index contributed by atoms with van der Waals surface area (Å²) in [6.07, 6.45) is 6.04. The minimum absolute atomic E-state index is 0.137. The average molecular weight is 259 g/mol. The van der Waals surface area contributed by atoms with Gasteiger partial charge in [-0.15, -0.1) is 18.2 Å². The highest BCUT2D eigenvalue weighted by atomic mass is 32.2. The minimum Gasteiger partial charge on any atom is -0.394 e. The minimum atomic E-state index is -0.775. The molecule has 1 unspecified atom stereocenters. The van der Waals surface area contributed by atoms with Crippen molar-refractivity contribution >= 4 is 17.7 Å². The first-order chi connectivity index (χ1) is 8.03. The van der Waals surface area contributed by atoms with E-state index in [4.69, 9.17) is 16.6 Å². The lowest BCUT2D eigenvalue weighted by Crippen LogP contribution is -2.47. The summed E-state index contributed by atoms with van der Waals surface area (Å²) in [5.41, 5.74) is -0.562. The molecule has 0 saturated heterocycles. The lowest BCUT2D eigenvalue weighted by Gasteiger charge is -2.27. The number of hydrogen-bond acceptors (Lipinski definition) is 4. The maximum Gasteiger partial charge on any atom is 0.231 e. The van der Waals surface area contributed by atoms with E-state index >= 15 is 0 Å². The number of aliphatic hydroxyl groups is 2. The van der Waals surface area contributed by atoms with Crippen molar-refractivity contribution in [3.05, 3.63) is 0 Å². The summed E-state index contributed by atoms with van der Waals surface area (Å²) in [7, 11) is 0. The third kappa shape index (κ3) is 5.97. The molecule has 0 heterocycles. The second kappa shape index (κ2) is 8.40. The summed E-state index contributed by atoms with van der Waals surface area (Å²) >= 11 is 1.28. The molecule has 0 aliphatic carbocycles. The van der Waals surface area contributed by atoms with E-state index in [1.54, 1.807) is 0 Å². The van der Waals surface area contributed by atoms with Crippen molar-refractivity contribution in [1.29, 1.82) is 0 Å². The van der Waals surface area contributed by atoms with E-state index < -0.39 is 11.6 Å². The van der Waals surface area contributed by atoms with E-state index in [2.05, 4.69) is 11.2 Å². The molecule has 1 amide bonds. The molecule has 0 saturated carbocycles. The zero-order valence-electron chi connectivity index (χ0n) is 10.4. The van der Waals surface area contributed by atoms with Gasteiger partial charge in [-0.1, -0.05) is 19.8 Å². The van der Waals surface area contributed by atoms with Crippen molar-refractivity contribution in [1.82, 2.24) is 5.32 Å².